The van der Waals surface area contributed by atoms with Gasteiger partial charge in [-0.05, 0) is 30.4 Å². The van der Waals surface area contributed by atoms with Crippen LogP contribution in [-0.4, -0.2) is 47.2 Å². The maximum Gasteiger partial charge on any atom is 0.0446 e. The van der Waals surface area contributed by atoms with E-state index in [9.17, 15) is 5.11 Å². The Kier molecular flexibility index (Phi) is 5.84. The Morgan fingerprint density at radius 1 is 1.13 bits per heavy atom. The van der Waals surface area contributed by atoms with Gasteiger partial charge in [0.1, 0.15) is 0 Å². The Bertz CT molecular complexity index is 582. The number of piperazine rings is 1. The molecule has 1 aliphatic rings. The molecule has 0 bridgehead atoms. The van der Waals surface area contributed by atoms with Gasteiger partial charge in [0.25, 0.3) is 0 Å². The molecule has 1 N–H and O–H groups in total. The molecule has 0 radical (unpaired) electrons. The van der Waals surface area contributed by atoms with Crippen LogP contribution in [-0.2, 0) is 13.1 Å². The van der Waals surface area contributed by atoms with Crippen LogP contribution >= 0.6 is 11.3 Å². The number of aliphatic hydroxyl groups excluding tert-OH is 1. The van der Waals surface area contributed by atoms with E-state index >= 15 is 0 Å². The summed E-state index contributed by atoms with van der Waals surface area (Å²) in [6.07, 6.45) is 0.857. The average Bonchev–Trinajstić information content (AvgIpc) is 3.05. The smallest absolute Gasteiger partial charge is 0.0446 e. The summed E-state index contributed by atoms with van der Waals surface area (Å²) in [4.78, 5) is 6.48. The zero-order valence-corrected chi connectivity index (χ0v) is 14.6. The minimum absolute atomic E-state index is 0.268. The first-order chi connectivity index (χ1) is 11.2. The number of thiophene rings is 1. The summed E-state index contributed by atoms with van der Waals surface area (Å²) in [5.74, 6) is 0. The molecule has 1 aromatic carbocycles. The second kappa shape index (κ2) is 8.06. The summed E-state index contributed by atoms with van der Waals surface area (Å²) < 4.78 is 0. The normalized spacial score (nSPS) is 20.0. The van der Waals surface area contributed by atoms with Crippen LogP contribution in [0.4, 0.5) is 0 Å². The number of aryl methyl sites for hydroxylation is 1. The molecular formula is C19H26N2OS. The largest absolute Gasteiger partial charge is 0.396 e. The zero-order chi connectivity index (χ0) is 16.1. The topological polar surface area (TPSA) is 26.7 Å². The van der Waals surface area contributed by atoms with Crippen LogP contribution in [0.25, 0.3) is 0 Å². The van der Waals surface area contributed by atoms with E-state index in [0.29, 0.717) is 6.04 Å². The average molecular weight is 330 g/mol. The van der Waals surface area contributed by atoms with Gasteiger partial charge >= 0.3 is 0 Å². The third-order valence-corrected chi connectivity index (χ3v) is 5.48. The molecule has 4 heteroatoms. The van der Waals surface area contributed by atoms with Gasteiger partial charge in [0, 0.05) is 50.2 Å². The summed E-state index contributed by atoms with van der Waals surface area (Å²) >= 11 is 1.82. The lowest BCUT2D eigenvalue weighted by molar-refractivity contribution is 0.0506. The molecular weight excluding hydrogens is 304 g/mol. The quantitative estimate of drug-likeness (QED) is 0.881. The van der Waals surface area contributed by atoms with Gasteiger partial charge in [-0.15, -0.1) is 11.3 Å². The van der Waals surface area contributed by atoms with Gasteiger partial charge in [-0.2, -0.15) is 0 Å². The third-order valence-electron chi connectivity index (χ3n) is 4.62. The molecule has 3 nitrogen and oxygen atoms in total. The van der Waals surface area contributed by atoms with Crippen molar-refractivity contribution in [2.75, 3.05) is 26.2 Å². The van der Waals surface area contributed by atoms with Crippen molar-refractivity contribution >= 4 is 11.3 Å². The zero-order valence-electron chi connectivity index (χ0n) is 13.8. The molecule has 1 saturated heterocycles. The van der Waals surface area contributed by atoms with E-state index in [1.165, 1.54) is 16.0 Å². The molecule has 2 aromatic rings. The SMILES string of the molecule is Cc1ccc(CN2CCN(Cc3cccs3)[C@H](CCO)C2)cc1. The molecule has 0 aliphatic carbocycles. The van der Waals surface area contributed by atoms with Crippen LogP contribution in [0, 0.1) is 6.92 Å². The predicted octanol–water partition coefficient (Wildman–Crippen LogP) is 3.13. The van der Waals surface area contributed by atoms with Crippen molar-refractivity contribution in [1.82, 2.24) is 9.80 Å². The Hall–Kier alpha value is -1.20. The van der Waals surface area contributed by atoms with Crippen molar-refractivity contribution in [3.63, 3.8) is 0 Å². The van der Waals surface area contributed by atoms with Crippen LogP contribution in [0.2, 0.25) is 0 Å². The minimum atomic E-state index is 0.268. The van der Waals surface area contributed by atoms with Crippen LogP contribution in [0.1, 0.15) is 22.4 Å². The summed E-state index contributed by atoms with van der Waals surface area (Å²) in [5, 5.41) is 11.6. The number of nitrogens with zero attached hydrogens (tertiary/aromatic N) is 2. The minimum Gasteiger partial charge on any atom is -0.396 e. The highest BCUT2D eigenvalue weighted by Gasteiger charge is 2.26. The number of benzene rings is 1. The van der Waals surface area contributed by atoms with Crippen LogP contribution in [0.5, 0.6) is 0 Å². The fourth-order valence-corrected chi connectivity index (χ4v) is 4.02. The number of hydrogen-bond acceptors (Lipinski definition) is 4. The molecule has 1 aliphatic heterocycles. The van der Waals surface area contributed by atoms with Gasteiger partial charge in [-0.1, -0.05) is 35.9 Å². The van der Waals surface area contributed by atoms with Gasteiger partial charge in [0.05, 0.1) is 0 Å². The first-order valence-corrected chi connectivity index (χ1v) is 9.28. The Morgan fingerprint density at radius 3 is 2.65 bits per heavy atom. The van der Waals surface area contributed by atoms with Gasteiger partial charge in [-0.25, -0.2) is 0 Å². The molecule has 0 saturated carbocycles. The highest BCUT2D eigenvalue weighted by Crippen LogP contribution is 2.20. The lowest BCUT2D eigenvalue weighted by atomic mass is 10.1. The van der Waals surface area contributed by atoms with E-state index in [4.69, 9.17) is 0 Å². The number of rotatable bonds is 6. The maximum absolute atomic E-state index is 9.43. The Morgan fingerprint density at radius 2 is 1.96 bits per heavy atom. The predicted molar refractivity (Wildman–Crippen MR) is 96.7 cm³/mol. The summed E-state index contributed by atoms with van der Waals surface area (Å²) in [6, 6.07) is 13.6. The number of hydrogen-bond donors (Lipinski definition) is 1. The highest BCUT2D eigenvalue weighted by molar-refractivity contribution is 7.09. The molecule has 0 amide bonds. The van der Waals surface area contributed by atoms with Gasteiger partial charge in [0.15, 0.2) is 0 Å². The van der Waals surface area contributed by atoms with Crippen LogP contribution < -0.4 is 0 Å². The van der Waals surface area contributed by atoms with Crippen LogP contribution in [0.15, 0.2) is 41.8 Å². The molecule has 0 spiro atoms. The van der Waals surface area contributed by atoms with Crippen molar-refractivity contribution in [3.05, 3.63) is 57.8 Å². The van der Waals surface area contributed by atoms with E-state index < -0.39 is 0 Å². The van der Waals surface area contributed by atoms with E-state index in [0.717, 1.165) is 39.1 Å². The Labute approximate surface area is 143 Å². The molecule has 2 heterocycles. The van der Waals surface area contributed by atoms with Crippen molar-refractivity contribution < 1.29 is 5.11 Å². The molecule has 0 unspecified atom stereocenters. The summed E-state index contributed by atoms with van der Waals surface area (Å²) in [7, 11) is 0. The molecule has 3 rings (SSSR count). The fourth-order valence-electron chi connectivity index (χ4n) is 3.29. The summed E-state index contributed by atoms with van der Waals surface area (Å²) in [6.45, 7) is 7.64. The highest BCUT2D eigenvalue weighted by atomic mass is 32.1. The lowest BCUT2D eigenvalue weighted by Gasteiger charge is -2.41. The fraction of sp³-hybridized carbons (Fsp3) is 0.474. The number of aliphatic hydroxyl groups is 1. The van der Waals surface area contributed by atoms with Crippen molar-refractivity contribution in [2.45, 2.75) is 32.5 Å². The molecule has 1 fully saturated rings. The second-order valence-corrected chi connectivity index (χ2v) is 7.47. The maximum atomic E-state index is 9.43. The van der Waals surface area contributed by atoms with Crippen molar-refractivity contribution in [2.24, 2.45) is 0 Å². The van der Waals surface area contributed by atoms with Gasteiger partial charge in [-0.3, -0.25) is 9.80 Å². The van der Waals surface area contributed by atoms with E-state index in [1.54, 1.807) is 0 Å². The molecule has 1 atom stereocenters. The second-order valence-electron chi connectivity index (χ2n) is 6.44. The lowest BCUT2D eigenvalue weighted by Crippen LogP contribution is -2.52. The van der Waals surface area contributed by atoms with Crippen molar-refractivity contribution in [1.29, 1.82) is 0 Å². The first-order valence-electron chi connectivity index (χ1n) is 8.40. The van der Waals surface area contributed by atoms with Crippen molar-refractivity contribution in [3.8, 4) is 0 Å². The molecule has 1 aromatic heterocycles. The first kappa shape index (κ1) is 16.7. The van der Waals surface area contributed by atoms with E-state index in [-0.39, 0.29) is 6.61 Å². The van der Waals surface area contributed by atoms with Gasteiger partial charge in [0.2, 0.25) is 0 Å². The monoisotopic (exact) mass is 330 g/mol. The molecule has 23 heavy (non-hydrogen) atoms. The molecule has 124 valence electrons. The Balaban J connectivity index is 1.60. The summed E-state index contributed by atoms with van der Waals surface area (Å²) in [5.41, 5.74) is 2.69. The third kappa shape index (κ3) is 4.64. The standard InChI is InChI=1S/C19H26N2OS/c1-16-4-6-17(7-5-16)13-20-9-10-21(18(14-20)8-11-22)15-19-3-2-12-23-19/h2-7,12,18,22H,8-11,13-15H2,1H3/t18-/m1/s1. The van der Waals surface area contributed by atoms with Crippen LogP contribution in [0.3, 0.4) is 0 Å². The van der Waals surface area contributed by atoms with Gasteiger partial charge < -0.3 is 5.11 Å². The van der Waals surface area contributed by atoms with E-state index in [1.807, 2.05) is 11.3 Å². The van der Waals surface area contributed by atoms with E-state index in [2.05, 4.69) is 58.5 Å².